The van der Waals surface area contributed by atoms with Gasteiger partial charge in [0.15, 0.2) is 0 Å². The number of ether oxygens (including phenoxy) is 2. The summed E-state index contributed by atoms with van der Waals surface area (Å²) >= 11 is 0. The Hall–Kier alpha value is -2.32. The molecule has 0 saturated heterocycles. The highest BCUT2D eigenvalue weighted by Crippen LogP contribution is 2.19. The van der Waals surface area contributed by atoms with Gasteiger partial charge in [-0.3, -0.25) is 4.72 Å². The van der Waals surface area contributed by atoms with E-state index in [2.05, 4.69) is 15.0 Å². The zero-order valence-electron chi connectivity index (χ0n) is 14.4. The fraction of sp³-hybridized carbons (Fsp3) is 0.353. The van der Waals surface area contributed by atoms with Crippen molar-refractivity contribution < 1.29 is 17.9 Å². The second-order valence-electron chi connectivity index (χ2n) is 5.22. The van der Waals surface area contributed by atoms with Crippen molar-refractivity contribution in [3.05, 3.63) is 42.6 Å². The van der Waals surface area contributed by atoms with Crippen LogP contribution in [0.5, 0.6) is 5.75 Å². The first kappa shape index (κ1) is 19.0. The van der Waals surface area contributed by atoms with Crippen molar-refractivity contribution in [2.45, 2.75) is 18.2 Å². The molecule has 0 radical (unpaired) electrons. The van der Waals surface area contributed by atoms with Gasteiger partial charge < -0.3 is 14.8 Å². The Balaban J connectivity index is 1.97. The van der Waals surface area contributed by atoms with E-state index in [1.807, 2.05) is 6.92 Å². The molecule has 0 aliphatic carbocycles. The molecule has 2 rings (SSSR count). The molecule has 0 fully saturated rings. The lowest BCUT2D eigenvalue weighted by molar-refractivity contribution is 0.198. The molecule has 8 heteroatoms. The fourth-order valence-electron chi connectivity index (χ4n) is 2.09. The van der Waals surface area contributed by atoms with Crippen LogP contribution in [-0.4, -0.2) is 40.3 Å². The SMILES string of the molecule is CCOc1ccc(S(=O)(=O)Nc2ccc(NCCCOC)nc2)cc1. The van der Waals surface area contributed by atoms with Crippen LogP contribution >= 0.6 is 0 Å². The highest BCUT2D eigenvalue weighted by atomic mass is 32.2. The van der Waals surface area contributed by atoms with Gasteiger partial charge in [-0.25, -0.2) is 13.4 Å². The molecule has 0 aliphatic heterocycles. The van der Waals surface area contributed by atoms with Crippen molar-refractivity contribution in [1.29, 1.82) is 0 Å². The summed E-state index contributed by atoms with van der Waals surface area (Å²) in [6.45, 7) is 3.81. The molecule has 0 aliphatic rings. The Labute approximate surface area is 148 Å². The van der Waals surface area contributed by atoms with Crippen molar-refractivity contribution in [2.24, 2.45) is 0 Å². The van der Waals surface area contributed by atoms with Gasteiger partial charge in [0.2, 0.25) is 0 Å². The molecule has 1 heterocycles. The number of sulfonamides is 1. The zero-order valence-corrected chi connectivity index (χ0v) is 15.2. The van der Waals surface area contributed by atoms with Crippen LogP contribution in [0.1, 0.15) is 13.3 Å². The predicted octanol–water partition coefficient (Wildman–Crippen LogP) is 2.73. The number of anilines is 2. The van der Waals surface area contributed by atoms with E-state index in [1.165, 1.54) is 18.3 Å². The van der Waals surface area contributed by atoms with Crippen molar-refractivity contribution in [3.63, 3.8) is 0 Å². The van der Waals surface area contributed by atoms with Gasteiger partial charge in [0.25, 0.3) is 10.0 Å². The van der Waals surface area contributed by atoms with Crippen LogP contribution in [0.25, 0.3) is 0 Å². The Morgan fingerprint density at radius 2 is 1.88 bits per heavy atom. The largest absolute Gasteiger partial charge is 0.494 e. The average molecular weight is 365 g/mol. The van der Waals surface area contributed by atoms with Gasteiger partial charge in [0.05, 0.1) is 23.4 Å². The molecule has 136 valence electrons. The quantitative estimate of drug-likeness (QED) is 0.629. The van der Waals surface area contributed by atoms with Gasteiger partial charge in [-0.1, -0.05) is 0 Å². The normalized spacial score (nSPS) is 11.1. The summed E-state index contributed by atoms with van der Waals surface area (Å²) in [6.07, 6.45) is 2.34. The molecule has 0 unspecified atom stereocenters. The number of pyridine rings is 1. The molecule has 0 amide bonds. The van der Waals surface area contributed by atoms with Crippen molar-refractivity contribution in [2.75, 3.05) is 36.9 Å². The Morgan fingerprint density at radius 1 is 1.12 bits per heavy atom. The minimum absolute atomic E-state index is 0.165. The highest BCUT2D eigenvalue weighted by Gasteiger charge is 2.14. The van der Waals surface area contributed by atoms with Crippen LogP contribution in [0, 0.1) is 0 Å². The van der Waals surface area contributed by atoms with Gasteiger partial charge >= 0.3 is 0 Å². The number of rotatable bonds is 10. The summed E-state index contributed by atoms with van der Waals surface area (Å²) in [5, 5.41) is 3.14. The summed E-state index contributed by atoms with van der Waals surface area (Å²) in [7, 11) is -2.01. The first-order valence-corrected chi connectivity index (χ1v) is 9.48. The van der Waals surface area contributed by atoms with E-state index in [-0.39, 0.29) is 4.90 Å². The van der Waals surface area contributed by atoms with Crippen LogP contribution in [0.2, 0.25) is 0 Å². The van der Waals surface area contributed by atoms with Crippen LogP contribution in [0.3, 0.4) is 0 Å². The smallest absolute Gasteiger partial charge is 0.261 e. The molecule has 2 aromatic rings. The van der Waals surface area contributed by atoms with Crippen molar-refractivity contribution in [3.8, 4) is 5.75 Å². The number of nitrogens with zero attached hydrogens (tertiary/aromatic N) is 1. The molecule has 0 saturated carbocycles. The van der Waals surface area contributed by atoms with E-state index < -0.39 is 10.0 Å². The lowest BCUT2D eigenvalue weighted by atomic mass is 10.3. The third-order valence-corrected chi connectivity index (χ3v) is 4.69. The van der Waals surface area contributed by atoms with Crippen LogP contribution in [0.15, 0.2) is 47.5 Å². The first-order valence-electron chi connectivity index (χ1n) is 7.99. The van der Waals surface area contributed by atoms with E-state index in [0.717, 1.165) is 13.0 Å². The Kier molecular flexibility index (Phi) is 7.03. The number of hydrogen-bond acceptors (Lipinski definition) is 6. The van der Waals surface area contributed by atoms with E-state index in [9.17, 15) is 8.42 Å². The summed E-state index contributed by atoms with van der Waals surface area (Å²) in [4.78, 5) is 4.36. The lowest BCUT2D eigenvalue weighted by Gasteiger charge is -2.10. The topological polar surface area (TPSA) is 89.6 Å². The average Bonchev–Trinajstić information content (AvgIpc) is 2.61. The lowest BCUT2D eigenvalue weighted by Crippen LogP contribution is -2.13. The fourth-order valence-corrected chi connectivity index (χ4v) is 3.13. The molecular weight excluding hydrogens is 342 g/mol. The number of methoxy groups -OCH3 is 1. The van der Waals surface area contributed by atoms with Crippen molar-refractivity contribution >= 4 is 21.5 Å². The molecule has 2 N–H and O–H groups in total. The van der Waals surface area contributed by atoms with Crippen LogP contribution in [-0.2, 0) is 14.8 Å². The van der Waals surface area contributed by atoms with Gasteiger partial charge in [-0.15, -0.1) is 0 Å². The number of aromatic nitrogens is 1. The zero-order chi connectivity index (χ0) is 18.1. The summed E-state index contributed by atoms with van der Waals surface area (Å²) in [5.41, 5.74) is 0.399. The van der Waals surface area contributed by atoms with Gasteiger partial charge in [0.1, 0.15) is 11.6 Å². The third-order valence-electron chi connectivity index (χ3n) is 3.29. The highest BCUT2D eigenvalue weighted by molar-refractivity contribution is 7.92. The number of hydrogen-bond donors (Lipinski definition) is 2. The standard InChI is InChI=1S/C17H23N3O4S/c1-3-24-15-6-8-16(9-7-15)25(21,22)20-14-5-10-17(19-13-14)18-11-4-12-23-2/h5-10,13,20H,3-4,11-12H2,1-2H3,(H,18,19). The minimum Gasteiger partial charge on any atom is -0.494 e. The second kappa shape index (κ2) is 9.24. The maximum absolute atomic E-state index is 12.4. The molecule has 1 aromatic carbocycles. The maximum Gasteiger partial charge on any atom is 0.261 e. The Morgan fingerprint density at radius 3 is 2.48 bits per heavy atom. The summed E-state index contributed by atoms with van der Waals surface area (Å²) < 4.78 is 37.6. The van der Waals surface area contributed by atoms with Gasteiger partial charge in [-0.05, 0) is 49.7 Å². The Bertz CT molecular complexity index is 746. The van der Waals surface area contributed by atoms with E-state index >= 15 is 0 Å². The summed E-state index contributed by atoms with van der Waals surface area (Å²) in [6, 6.07) is 9.66. The maximum atomic E-state index is 12.4. The number of nitrogens with one attached hydrogen (secondary N) is 2. The molecule has 0 atom stereocenters. The molecule has 7 nitrogen and oxygen atoms in total. The van der Waals surface area contributed by atoms with E-state index in [1.54, 1.807) is 31.4 Å². The molecule has 0 spiro atoms. The number of benzene rings is 1. The molecule has 0 bridgehead atoms. The van der Waals surface area contributed by atoms with Gasteiger partial charge in [-0.2, -0.15) is 0 Å². The minimum atomic E-state index is -3.66. The third kappa shape index (κ3) is 5.91. The van der Waals surface area contributed by atoms with Crippen LogP contribution in [0.4, 0.5) is 11.5 Å². The molecule has 25 heavy (non-hydrogen) atoms. The van der Waals surface area contributed by atoms with E-state index in [4.69, 9.17) is 9.47 Å². The summed E-state index contributed by atoms with van der Waals surface area (Å²) in [5.74, 6) is 1.31. The first-order chi connectivity index (χ1) is 12.0. The van der Waals surface area contributed by atoms with Gasteiger partial charge in [0, 0.05) is 20.3 Å². The molecular formula is C17H23N3O4S. The molecule has 1 aromatic heterocycles. The monoisotopic (exact) mass is 365 g/mol. The van der Waals surface area contributed by atoms with E-state index in [0.29, 0.717) is 30.5 Å². The second-order valence-corrected chi connectivity index (χ2v) is 6.90. The van der Waals surface area contributed by atoms with Crippen LogP contribution < -0.4 is 14.8 Å². The van der Waals surface area contributed by atoms with Crippen molar-refractivity contribution in [1.82, 2.24) is 4.98 Å². The predicted molar refractivity (Wildman–Crippen MR) is 97.6 cm³/mol.